The third kappa shape index (κ3) is 5.04. The first-order valence-electron chi connectivity index (χ1n) is 17.8. The van der Waals surface area contributed by atoms with Crippen LogP contribution in [0.15, 0.2) is 205 Å². The number of hydrogen-bond acceptors (Lipinski definition) is 2. The van der Waals surface area contributed by atoms with E-state index in [1.54, 1.807) is 0 Å². The summed E-state index contributed by atoms with van der Waals surface area (Å²) in [6.07, 6.45) is 0. The van der Waals surface area contributed by atoms with Gasteiger partial charge in [-0.2, -0.15) is 0 Å². The molecule has 0 atom stereocenters. The van der Waals surface area contributed by atoms with Gasteiger partial charge in [0, 0.05) is 33.1 Å². The third-order valence-corrected chi connectivity index (χ3v) is 10.3. The van der Waals surface area contributed by atoms with E-state index in [0.29, 0.717) is 0 Å². The van der Waals surface area contributed by atoms with Gasteiger partial charge in [0.15, 0.2) is 0 Å². The summed E-state index contributed by atoms with van der Waals surface area (Å²) < 4.78 is 6.42. The molecule has 10 rings (SSSR count). The molecular formula is C50H33NO. The van der Waals surface area contributed by atoms with Crippen molar-refractivity contribution in [3.05, 3.63) is 200 Å². The van der Waals surface area contributed by atoms with Crippen LogP contribution in [-0.2, 0) is 0 Å². The molecular weight excluding hydrogens is 631 g/mol. The van der Waals surface area contributed by atoms with Gasteiger partial charge in [0.1, 0.15) is 11.2 Å². The second-order valence-electron chi connectivity index (χ2n) is 13.3. The van der Waals surface area contributed by atoms with Gasteiger partial charge in [-0.15, -0.1) is 0 Å². The van der Waals surface area contributed by atoms with Crippen molar-refractivity contribution in [2.75, 3.05) is 4.90 Å². The highest BCUT2D eigenvalue weighted by atomic mass is 16.3. The first kappa shape index (κ1) is 30.0. The molecule has 244 valence electrons. The average molecular weight is 664 g/mol. The van der Waals surface area contributed by atoms with E-state index in [2.05, 4.69) is 193 Å². The fraction of sp³-hybridized carbons (Fsp3) is 0. The standard InChI is InChI=1S/C50H33NO/c1-3-12-34(13-4-1)35-22-27-39(28-23-35)51(40-29-24-38(25-30-40)43-19-11-20-45-44-18-9-10-21-48(44)52-50(43)45)47-33-32-42(36-14-5-2-6-15-36)49-41-17-8-7-16-37(41)26-31-46(47)49/h1-33H. The number of para-hydroxylation sites is 2. The molecule has 2 heteroatoms. The Bertz CT molecular complexity index is 2870. The molecule has 0 N–H and O–H groups in total. The minimum absolute atomic E-state index is 0.907. The van der Waals surface area contributed by atoms with Gasteiger partial charge < -0.3 is 9.32 Å². The zero-order chi connectivity index (χ0) is 34.4. The molecule has 0 saturated heterocycles. The van der Waals surface area contributed by atoms with Crippen LogP contribution in [0.5, 0.6) is 0 Å². The topological polar surface area (TPSA) is 16.4 Å². The molecule has 0 aliphatic heterocycles. The van der Waals surface area contributed by atoms with Gasteiger partial charge in [0.05, 0.1) is 5.69 Å². The van der Waals surface area contributed by atoms with Crippen LogP contribution in [0.25, 0.3) is 76.9 Å². The lowest BCUT2D eigenvalue weighted by atomic mass is 9.92. The monoisotopic (exact) mass is 663 g/mol. The van der Waals surface area contributed by atoms with Crippen LogP contribution in [0.2, 0.25) is 0 Å². The van der Waals surface area contributed by atoms with E-state index in [1.165, 1.54) is 43.8 Å². The van der Waals surface area contributed by atoms with Crippen LogP contribution in [0.1, 0.15) is 0 Å². The number of nitrogens with zero attached hydrogens (tertiary/aromatic N) is 1. The van der Waals surface area contributed by atoms with Crippen molar-refractivity contribution in [1.29, 1.82) is 0 Å². The summed E-state index contributed by atoms with van der Waals surface area (Å²) in [6.45, 7) is 0. The molecule has 1 aromatic heterocycles. The van der Waals surface area contributed by atoms with Crippen LogP contribution in [0.4, 0.5) is 17.1 Å². The van der Waals surface area contributed by atoms with E-state index in [1.807, 2.05) is 12.1 Å². The van der Waals surface area contributed by atoms with Crippen LogP contribution in [-0.4, -0.2) is 0 Å². The first-order valence-corrected chi connectivity index (χ1v) is 17.8. The molecule has 0 spiro atoms. The van der Waals surface area contributed by atoms with E-state index >= 15 is 0 Å². The Morgan fingerprint density at radius 1 is 0.327 bits per heavy atom. The van der Waals surface area contributed by atoms with Gasteiger partial charge in [0.25, 0.3) is 0 Å². The van der Waals surface area contributed by atoms with Gasteiger partial charge >= 0.3 is 0 Å². The van der Waals surface area contributed by atoms with Gasteiger partial charge in [-0.3, -0.25) is 0 Å². The van der Waals surface area contributed by atoms with Crippen molar-refractivity contribution in [2.45, 2.75) is 0 Å². The fourth-order valence-corrected chi connectivity index (χ4v) is 7.79. The molecule has 2 nitrogen and oxygen atoms in total. The number of fused-ring (bicyclic) bond motifs is 6. The summed E-state index contributed by atoms with van der Waals surface area (Å²) in [5.41, 5.74) is 12.1. The molecule has 0 bridgehead atoms. The zero-order valence-electron chi connectivity index (χ0n) is 28.4. The number of anilines is 3. The highest BCUT2D eigenvalue weighted by Gasteiger charge is 2.20. The normalized spacial score (nSPS) is 11.5. The highest BCUT2D eigenvalue weighted by Crippen LogP contribution is 2.45. The number of benzene rings is 9. The Kier molecular flexibility index (Phi) is 7.18. The highest BCUT2D eigenvalue weighted by molar-refractivity contribution is 6.18. The molecule has 0 unspecified atom stereocenters. The van der Waals surface area contributed by atoms with Crippen molar-refractivity contribution < 1.29 is 4.42 Å². The van der Waals surface area contributed by atoms with Crippen molar-refractivity contribution >= 4 is 60.5 Å². The second kappa shape index (κ2) is 12.5. The second-order valence-corrected chi connectivity index (χ2v) is 13.3. The van der Waals surface area contributed by atoms with E-state index in [4.69, 9.17) is 4.42 Å². The Hall–Kier alpha value is -6.90. The number of rotatable bonds is 6. The molecule has 10 aromatic rings. The minimum atomic E-state index is 0.907. The lowest BCUT2D eigenvalue weighted by Gasteiger charge is -2.28. The maximum absolute atomic E-state index is 6.42. The van der Waals surface area contributed by atoms with Gasteiger partial charge in [-0.1, -0.05) is 164 Å². The van der Waals surface area contributed by atoms with Crippen molar-refractivity contribution in [3.8, 4) is 33.4 Å². The summed E-state index contributed by atoms with van der Waals surface area (Å²) in [6, 6.07) is 71.7. The molecule has 0 aliphatic rings. The quantitative estimate of drug-likeness (QED) is 0.165. The summed E-state index contributed by atoms with van der Waals surface area (Å²) >= 11 is 0. The summed E-state index contributed by atoms with van der Waals surface area (Å²) in [5.74, 6) is 0. The average Bonchev–Trinajstić information content (AvgIpc) is 3.61. The Morgan fingerprint density at radius 2 is 0.904 bits per heavy atom. The molecule has 1 heterocycles. The lowest BCUT2D eigenvalue weighted by molar-refractivity contribution is 0.670. The lowest BCUT2D eigenvalue weighted by Crippen LogP contribution is -2.10. The SMILES string of the molecule is c1ccc(-c2ccc(N(c3ccc(-c4cccc5c4oc4ccccc45)cc3)c3ccc(-c4ccccc4)c4c3ccc3ccccc34)cc2)cc1. The van der Waals surface area contributed by atoms with Crippen LogP contribution < -0.4 is 4.90 Å². The molecule has 9 aromatic carbocycles. The van der Waals surface area contributed by atoms with E-state index in [9.17, 15) is 0 Å². The Labute approximate surface area is 302 Å². The maximum atomic E-state index is 6.42. The van der Waals surface area contributed by atoms with Gasteiger partial charge in [-0.05, 0) is 80.4 Å². The third-order valence-electron chi connectivity index (χ3n) is 10.3. The number of hydrogen-bond donors (Lipinski definition) is 0. The van der Waals surface area contributed by atoms with E-state index in [-0.39, 0.29) is 0 Å². The fourth-order valence-electron chi connectivity index (χ4n) is 7.79. The largest absolute Gasteiger partial charge is 0.455 e. The smallest absolute Gasteiger partial charge is 0.143 e. The van der Waals surface area contributed by atoms with Crippen LogP contribution in [0.3, 0.4) is 0 Å². The van der Waals surface area contributed by atoms with Crippen LogP contribution in [0, 0.1) is 0 Å². The summed E-state index contributed by atoms with van der Waals surface area (Å²) in [5, 5.41) is 7.19. The van der Waals surface area contributed by atoms with E-state index in [0.717, 1.165) is 50.1 Å². The predicted molar refractivity (Wildman–Crippen MR) is 220 cm³/mol. The molecule has 0 saturated carbocycles. The van der Waals surface area contributed by atoms with Crippen LogP contribution >= 0.6 is 0 Å². The minimum Gasteiger partial charge on any atom is -0.455 e. The first-order chi connectivity index (χ1) is 25.8. The van der Waals surface area contributed by atoms with Gasteiger partial charge in [0.2, 0.25) is 0 Å². The molecule has 0 fully saturated rings. The number of furan rings is 1. The van der Waals surface area contributed by atoms with Crippen molar-refractivity contribution in [2.24, 2.45) is 0 Å². The van der Waals surface area contributed by atoms with Crippen molar-refractivity contribution in [3.63, 3.8) is 0 Å². The maximum Gasteiger partial charge on any atom is 0.143 e. The van der Waals surface area contributed by atoms with Crippen molar-refractivity contribution in [1.82, 2.24) is 0 Å². The summed E-state index contributed by atoms with van der Waals surface area (Å²) in [7, 11) is 0. The summed E-state index contributed by atoms with van der Waals surface area (Å²) in [4.78, 5) is 2.40. The van der Waals surface area contributed by atoms with E-state index < -0.39 is 0 Å². The molecule has 0 aliphatic carbocycles. The predicted octanol–water partition coefficient (Wildman–Crippen LogP) is 14.4. The van der Waals surface area contributed by atoms with Gasteiger partial charge in [-0.25, -0.2) is 0 Å². The molecule has 0 amide bonds. The Morgan fingerprint density at radius 3 is 1.65 bits per heavy atom. The molecule has 0 radical (unpaired) electrons. The Balaban J connectivity index is 1.17. The molecule has 52 heavy (non-hydrogen) atoms. The zero-order valence-corrected chi connectivity index (χ0v) is 28.4.